The van der Waals surface area contributed by atoms with Gasteiger partial charge in [0.15, 0.2) is 0 Å². The van der Waals surface area contributed by atoms with Crippen molar-refractivity contribution in [1.82, 2.24) is 19.5 Å². The first-order chi connectivity index (χ1) is 10.2. The van der Waals surface area contributed by atoms with E-state index in [9.17, 15) is 8.42 Å². The van der Waals surface area contributed by atoms with Crippen LogP contribution < -0.4 is 4.84 Å². The fraction of sp³-hybridized carbons (Fsp3) is 0.500. The van der Waals surface area contributed by atoms with Crippen LogP contribution in [-0.4, -0.2) is 52.9 Å². The van der Waals surface area contributed by atoms with Crippen LogP contribution in [-0.2, 0) is 10.0 Å². The summed E-state index contributed by atoms with van der Waals surface area (Å²) in [6.07, 6.45) is 0.656. The minimum Gasteiger partial charge on any atom is -0.395 e. The average molecular weight is 365 g/mol. The molecular weight excluding hydrogens is 351 g/mol. The Morgan fingerprint density at radius 3 is 2.73 bits per heavy atom. The lowest BCUT2D eigenvalue weighted by Gasteiger charge is -2.11. The summed E-state index contributed by atoms with van der Waals surface area (Å²) in [5.74, 6) is 0.0313. The highest BCUT2D eigenvalue weighted by Gasteiger charge is 2.52. The van der Waals surface area contributed by atoms with Crippen molar-refractivity contribution < 1.29 is 13.3 Å². The zero-order valence-electron chi connectivity index (χ0n) is 11.9. The standard InChI is InChI=1S/C12H14Cl2N4O3S/c1-17(2)22(19,20)9-3-4-10-11(5-9)18(16-15-10)21-7-8-6-12(8,13)14/h3-5,8H,6-7H2,1-2H3/t8-/m0/s1. The molecule has 1 aromatic carbocycles. The molecule has 1 aliphatic rings. The monoisotopic (exact) mass is 364 g/mol. The fourth-order valence-electron chi connectivity index (χ4n) is 1.96. The number of fused-ring (bicyclic) bond motifs is 1. The highest BCUT2D eigenvalue weighted by Crippen LogP contribution is 2.52. The van der Waals surface area contributed by atoms with Crippen LogP contribution in [0.25, 0.3) is 11.0 Å². The van der Waals surface area contributed by atoms with Gasteiger partial charge in [-0.05, 0) is 29.8 Å². The molecule has 0 unspecified atom stereocenters. The van der Waals surface area contributed by atoms with Crippen molar-refractivity contribution in [2.45, 2.75) is 15.6 Å². The van der Waals surface area contributed by atoms with E-state index in [1.807, 2.05) is 0 Å². The molecule has 0 radical (unpaired) electrons. The van der Waals surface area contributed by atoms with Crippen LogP contribution >= 0.6 is 23.2 Å². The number of halogens is 2. The second-order valence-electron chi connectivity index (χ2n) is 5.36. The van der Waals surface area contributed by atoms with Crippen LogP contribution in [0.3, 0.4) is 0 Å². The number of hydrogen-bond donors (Lipinski definition) is 0. The zero-order valence-corrected chi connectivity index (χ0v) is 14.2. The van der Waals surface area contributed by atoms with Gasteiger partial charge in [0.1, 0.15) is 22.0 Å². The van der Waals surface area contributed by atoms with Crippen molar-refractivity contribution in [3.05, 3.63) is 18.2 Å². The predicted molar refractivity (Wildman–Crippen MR) is 82.4 cm³/mol. The van der Waals surface area contributed by atoms with Gasteiger partial charge in [-0.15, -0.1) is 28.3 Å². The Morgan fingerprint density at radius 1 is 1.45 bits per heavy atom. The van der Waals surface area contributed by atoms with Crippen LogP contribution in [0.1, 0.15) is 6.42 Å². The van der Waals surface area contributed by atoms with Gasteiger partial charge in [0.2, 0.25) is 10.0 Å². The summed E-state index contributed by atoms with van der Waals surface area (Å²) in [4.78, 5) is 6.86. The van der Waals surface area contributed by atoms with Crippen LogP contribution in [0.2, 0.25) is 0 Å². The van der Waals surface area contributed by atoms with E-state index in [0.29, 0.717) is 17.5 Å². The van der Waals surface area contributed by atoms with E-state index < -0.39 is 14.4 Å². The van der Waals surface area contributed by atoms with Crippen LogP contribution in [0.15, 0.2) is 23.1 Å². The Labute approximate surface area is 137 Å². The molecule has 2 aromatic rings. The number of benzene rings is 1. The van der Waals surface area contributed by atoms with E-state index in [1.165, 1.54) is 31.1 Å². The first kappa shape index (κ1) is 15.8. The third kappa shape index (κ3) is 2.76. The third-order valence-corrected chi connectivity index (χ3v) is 6.26. The lowest BCUT2D eigenvalue weighted by Crippen LogP contribution is -2.22. The van der Waals surface area contributed by atoms with Gasteiger partial charge in [0, 0.05) is 20.0 Å². The highest BCUT2D eigenvalue weighted by atomic mass is 35.5. The minimum atomic E-state index is -3.53. The molecule has 22 heavy (non-hydrogen) atoms. The van der Waals surface area contributed by atoms with Gasteiger partial charge in [0.05, 0.1) is 4.90 Å². The van der Waals surface area contributed by atoms with Crippen LogP contribution in [0.4, 0.5) is 0 Å². The van der Waals surface area contributed by atoms with Crippen molar-refractivity contribution in [2.24, 2.45) is 5.92 Å². The first-order valence-electron chi connectivity index (χ1n) is 6.51. The molecule has 1 aliphatic carbocycles. The van der Waals surface area contributed by atoms with E-state index in [1.54, 1.807) is 6.07 Å². The number of rotatable bonds is 5. The molecule has 1 aromatic heterocycles. The molecule has 0 bridgehead atoms. The Bertz CT molecular complexity index is 819. The summed E-state index contributed by atoms with van der Waals surface area (Å²) >= 11 is 11.9. The molecule has 0 N–H and O–H groups in total. The van der Waals surface area contributed by atoms with Crippen molar-refractivity contribution in [3.8, 4) is 0 Å². The molecule has 0 spiro atoms. The summed E-state index contributed by atoms with van der Waals surface area (Å²) in [6, 6.07) is 4.55. The maximum Gasteiger partial charge on any atom is 0.242 e. The van der Waals surface area contributed by atoms with Crippen molar-refractivity contribution in [3.63, 3.8) is 0 Å². The normalized spacial score (nSPS) is 20.5. The largest absolute Gasteiger partial charge is 0.395 e. The summed E-state index contributed by atoms with van der Waals surface area (Å²) in [5, 5.41) is 7.80. The average Bonchev–Trinajstić information content (AvgIpc) is 2.88. The smallest absolute Gasteiger partial charge is 0.242 e. The molecule has 7 nitrogen and oxygen atoms in total. The summed E-state index contributed by atoms with van der Waals surface area (Å²) in [7, 11) is -0.591. The zero-order chi connectivity index (χ0) is 16.1. The van der Waals surface area contributed by atoms with E-state index in [4.69, 9.17) is 28.0 Å². The maximum atomic E-state index is 12.2. The van der Waals surface area contributed by atoms with Gasteiger partial charge in [-0.25, -0.2) is 12.7 Å². The van der Waals surface area contributed by atoms with Gasteiger partial charge in [-0.1, -0.05) is 4.85 Å². The van der Waals surface area contributed by atoms with Gasteiger partial charge in [-0.2, -0.15) is 0 Å². The van der Waals surface area contributed by atoms with Crippen molar-refractivity contribution in [1.29, 1.82) is 0 Å². The lowest BCUT2D eigenvalue weighted by molar-refractivity contribution is 0.0792. The van der Waals surface area contributed by atoms with E-state index in [-0.39, 0.29) is 17.4 Å². The van der Waals surface area contributed by atoms with Crippen molar-refractivity contribution >= 4 is 44.3 Å². The summed E-state index contributed by atoms with van der Waals surface area (Å²) in [5.41, 5.74) is 1.01. The Kier molecular flexibility index (Phi) is 3.75. The molecule has 0 saturated heterocycles. The molecule has 1 fully saturated rings. The predicted octanol–water partition coefficient (Wildman–Crippen LogP) is 1.30. The number of sulfonamides is 1. The minimum absolute atomic E-state index is 0.0313. The number of nitrogens with zero attached hydrogens (tertiary/aromatic N) is 4. The van der Waals surface area contributed by atoms with Gasteiger partial charge < -0.3 is 4.84 Å². The number of alkyl halides is 2. The Hall–Kier alpha value is -1.09. The Balaban J connectivity index is 1.89. The van der Waals surface area contributed by atoms with Gasteiger partial charge in [0.25, 0.3) is 0 Å². The quantitative estimate of drug-likeness (QED) is 0.747. The molecule has 0 amide bonds. The molecule has 1 saturated carbocycles. The number of hydrogen-bond acceptors (Lipinski definition) is 5. The van der Waals surface area contributed by atoms with Gasteiger partial charge in [-0.3, -0.25) is 0 Å². The fourth-order valence-corrected chi connectivity index (χ4v) is 3.38. The number of aromatic nitrogens is 3. The van der Waals surface area contributed by atoms with E-state index >= 15 is 0 Å². The van der Waals surface area contributed by atoms with E-state index in [0.717, 1.165) is 4.31 Å². The maximum absolute atomic E-state index is 12.2. The second kappa shape index (κ2) is 5.23. The molecule has 1 heterocycles. The van der Waals surface area contributed by atoms with Crippen molar-refractivity contribution in [2.75, 3.05) is 20.7 Å². The third-order valence-electron chi connectivity index (χ3n) is 3.52. The summed E-state index contributed by atoms with van der Waals surface area (Å²) < 4.78 is 24.7. The first-order valence-corrected chi connectivity index (χ1v) is 8.70. The molecular formula is C12H14Cl2N4O3S. The topological polar surface area (TPSA) is 77.3 Å². The second-order valence-corrected chi connectivity index (χ2v) is 9.05. The molecule has 10 heteroatoms. The van der Waals surface area contributed by atoms with Crippen LogP contribution in [0.5, 0.6) is 0 Å². The SMILES string of the molecule is CN(C)S(=O)(=O)c1ccc2nnn(OC[C@@H]3CC3(Cl)Cl)c2c1. The molecule has 3 rings (SSSR count). The van der Waals surface area contributed by atoms with E-state index in [2.05, 4.69) is 10.3 Å². The Morgan fingerprint density at radius 2 is 2.14 bits per heavy atom. The van der Waals surface area contributed by atoms with Crippen LogP contribution in [0, 0.1) is 5.92 Å². The summed E-state index contributed by atoms with van der Waals surface area (Å²) in [6.45, 7) is 0.288. The highest BCUT2D eigenvalue weighted by molar-refractivity contribution is 7.89. The van der Waals surface area contributed by atoms with Gasteiger partial charge >= 0.3 is 0 Å². The molecule has 120 valence electrons. The lowest BCUT2D eigenvalue weighted by atomic mass is 10.3. The molecule has 1 atom stereocenters. The molecule has 0 aliphatic heterocycles.